The number of hydrazone groups is 1. The summed E-state index contributed by atoms with van der Waals surface area (Å²) >= 11 is 0. The molecule has 0 spiro atoms. The van der Waals surface area contributed by atoms with Gasteiger partial charge in [0.1, 0.15) is 12.3 Å². The normalized spacial score (nSPS) is 17.8. The van der Waals surface area contributed by atoms with E-state index in [1.54, 1.807) is 24.1 Å². The van der Waals surface area contributed by atoms with E-state index in [-0.39, 0.29) is 30.3 Å². The van der Waals surface area contributed by atoms with Crippen LogP contribution in [0.25, 0.3) is 0 Å². The highest BCUT2D eigenvalue weighted by Gasteiger charge is 2.37. The minimum Gasteiger partial charge on any atom is -0.497 e. The van der Waals surface area contributed by atoms with Crippen LogP contribution in [0.3, 0.4) is 0 Å². The van der Waals surface area contributed by atoms with Gasteiger partial charge >= 0.3 is 0 Å². The zero-order valence-corrected chi connectivity index (χ0v) is 18.6. The zero-order chi connectivity index (χ0) is 22.5. The lowest BCUT2D eigenvalue weighted by Crippen LogP contribution is -2.43. The molecule has 7 heteroatoms. The molecule has 1 heterocycles. The van der Waals surface area contributed by atoms with Gasteiger partial charge in [-0.2, -0.15) is 5.10 Å². The molecule has 0 aromatic heterocycles. The zero-order valence-electron chi connectivity index (χ0n) is 18.6. The minimum absolute atomic E-state index is 0.00141. The van der Waals surface area contributed by atoms with Gasteiger partial charge in [0.2, 0.25) is 5.91 Å². The third kappa shape index (κ3) is 4.99. The summed E-state index contributed by atoms with van der Waals surface area (Å²) < 4.78 is 10.4. The first kappa shape index (κ1) is 22.0. The lowest BCUT2D eigenvalue weighted by atomic mass is 9.98. The standard InChI is InChI=1S/C25H29N3O4/c1-31-15-14-27(25(30)20-8-9-20)17-24(29)28-23(19-6-4-3-5-7-19)16-22(26-28)18-10-12-21(32-2)13-11-18/h3-7,10-13,20,23H,8-9,14-17H2,1-2H3/t23-/m0/s1. The molecule has 0 N–H and O–H groups in total. The van der Waals surface area contributed by atoms with Crippen LogP contribution in [0.4, 0.5) is 0 Å². The fraction of sp³-hybridized carbons (Fsp3) is 0.400. The van der Waals surface area contributed by atoms with Crippen LogP contribution in [0, 0.1) is 5.92 Å². The highest BCUT2D eigenvalue weighted by molar-refractivity contribution is 6.03. The average Bonchev–Trinajstić information content (AvgIpc) is 3.59. The van der Waals surface area contributed by atoms with Crippen molar-refractivity contribution in [2.45, 2.75) is 25.3 Å². The van der Waals surface area contributed by atoms with Crippen molar-refractivity contribution in [1.29, 1.82) is 0 Å². The molecule has 0 saturated heterocycles. The van der Waals surface area contributed by atoms with Crippen molar-refractivity contribution in [3.05, 3.63) is 65.7 Å². The summed E-state index contributed by atoms with van der Waals surface area (Å²) in [6, 6.07) is 17.4. The molecule has 2 aromatic rings. The first-order valence-electron chi connectivity index (χ1n) is 11.0. The molecule has 2 aromatic carbocycles. The smallest absolute Gasteiger partial charge is 0.262 e. The SMILES string of the molecule is COCCN(CC(=O)N1N=C(c2ccc(OC)cc2)C[C@H]1c1ccccc1)C(=O)C1CC1. The van der Waals surface area contributed by atoms with E-state index in [4.69, 9.17) is 14.6 Å². The number of hydrogen-bond acceptors (Lipinski definition) is 5. The summed E-state index contributed by atoms with van der Waals surface area (Å²) in [5.74, 6) is 0.659. The topological polar surface area (TPSA) is 71.4 Å². The molecule has 1 saturated carbocycles. The number of ether oxygens (including phenoxy) is 2. The highest BCUT2D eigenvalue weighted by Crippen LogP contribution is 2.34. The predicted octanol–water partition coefficient (Wildman–Crippen LogP) is 3.26. The number of amides is 2. The second kappa shape index (κ2) is 9.96. The number of rotatable bonds is 9. The molecular formula is C25H29N3O4. The lowest BCUT2D eigenvalue weighted by Gasteiger charge is -2.27. The fourth-order valence-corrected chi connectivity index (χ4v) is 3.93. The van der Waals surface area contributed by atoms with Gasteiger partial charge in [0.25, 0.3) is 5.91 Å². The summed E-state index contributed by atoms with van der Waals surface area (Å²) in [5, 5.41) is 6.27. The van der Waals surface area contributed by atoms with Crippen LogP contribution in [0.15, 0.2) is 59.7 Å². The van der Waals surface area contributed by atoms with Crippen molar-refractivity contribution in [2.24, 2.45) is 11.0 Å². The summed E-state index contributed by atoms with van der Waals surface area (Å²) in [7, 11) is 3.23. The van der Waals surface area contributed by atoms with Gasteiger partial charge in [-0.15, -0.1) is 0 Å². The van der Waals surface area contributed by atoms with Crippen LogP contribution in [-0.4, -0.2) is 61.4 Å². The van der Waals surface area contributed by atoms with Gasteiger partial charge in [-0.25, -0.2) is 5.01 Å². The number of hydrogen-bond donors (Lipinski definition) is 0. The summed E-state index contributed by atoms with van der Waals surface area (Å²) in [5.41, 5.74) is 2.81. The molecule has 0 unspecified atom stereocenters. The van der Waals surface area contributed by atoms with Crippen LogP contribution in [0.1, 0.15) is 36.4 Å². The second-order valence-corrected chi connectivity index (χ2v) is 8.17. The van der Waals surface area contributed by atoms with Gasteiger partial charge in [0, 0.05) is 26.0 Å². The Bertz CT molecular complexity index is 970. The van der Waals surface area contributed by atoms with Crippen LogP contribution in [-0.2, 0) is 14.3 Å². The van der Waals surface area contributed by atoms with Gasteiger partial charge in [-0.3, -0.25) is 9.59 Å². The fourth-order valence-electron chi connectivity index (χ4n) is 3.93. The molecule has 4 rings (SSSR count). The molecule has 1 aliphatic carbocycles. The van der Waals surface area contributed by atoms with Gasteiger partial charge in [0.15, 0.2) is 0 Å². The molecule has 2 amide bonds. The van der Waals surface area contributed by atoms with Crippen molar-refractivity contribution < 1.29 is 19.1 Å². The Kier molecular flexibility index (Phi) is 6.85. The van der Waals surface area contributed by atoms with Crippen molar-refractivity contribution in [3.63, 3.8) is 0 Å². The van der Waals surface area contributed by atoms with E-state index in [0.717, 1.165) is 35.4 Å². The molecule has 2 aliphatic rings. The van der Waals surface area contributed by atoms with Gasteiger partial charge in [-0.05, 0) is 48.2 Å². The van der Waals surface area contributed by atoms with Crippen LogP contribution < -0.4 is 4.74 Å². The first-order chi connectivity index (χ1) is 15.6. The lowest BCUT2D eigenvalue weighted by molar-refractivity contribution is -0.142. The third-order valence-corrected chi connectivity index (χ3v) is 5.90. The molecule has 32 heavy (non-hydrogen) atoms. The number of methoxy groups -OCH3 is 2. The molecule has 0 radical (unpaired) electrons. The van der Waals surface area contributed by atoms with Crippen molar-refractivity contribution >= 4 is 17.5 Å². The largest absolute Gasteiger partial charge is 0.497 e. The Labute approximate surface area is 188 Å². The Hall–Kier alpha value is -3.19. The molecule has 168 valence electrons. The third-order valence-electron chi connectivity index (χ3n) is 5.90. The monoisotopic (exact) mass is 435 g/mol. The summed E-state index contributed by atoms with van der Waals surface area (Å²) in [6.45, 7) is 0.798. The molecule has 1 atom stereocenters. The number of carbonyl (C=O) groups is 2. The van der Waals surface area contributed by atoms with E-state index in [9.17, 15) is 9.59 Å². The van der Waals surface area contributed by atoms with Crippen LogP contribution in [0.2, 0.25) is 0 Å². The quantitative estimate of drug-likeness (QED) is 0.606. The molecule has 0 bridgehead atoms. The van der Waals surface area contributed by atoms with Crippen LogP contribution >= 0.6 is 0 Å². The van der Waals surface area contributed by atoms with E-state index in [1.165, 1.54) is 0 Å². The molecule has 7 nitrogen and oxygen atoms in total. The minimum atomic E-state index is -0.207. The summed E-state index contributed by atoms with van der Waals surface area (Å²) in [6.07, 6.45) is 2.40. The maximum atomic E-state index is 13.4. The molecular weight excluding hydrogens is 406 g/mol. The van der Waals surface area contributed by atoms with E-state index in [0.29, 0.717) is 19.6 Å². The van der Waals surface area contributed by atoms with E-state index in [2.05, 4.69) is 0 Å². The van der Waals surface area contributed by atoms with Crippen molar-refractivity contribution in [2.75, 3.05) is 33.9 Å². The number of nitrogens with zero attached hydrogens (tertiary/aromatic N) is 3. The number of carbonyl (C=O) groups excluding carboxylic acids is 2. The summed E-state index contributed by atoms with van der Waals surface area (Å²) in [4.78, 5) is 27.7. The van der Waals surface area contributed by atoms with Crippen molar-refractivity contribution in [1.82, 2.24) is 9.91 Å². The van der Waals surface area contributed by atoms with Gasteiger partial charge in [0.05, 0.1) is 25.5 Å². The van der Waals surface area contributed by atoms with Gasteiger partial charge < -0.3 is 14.4 Å². The Balaban J connectivity index is 1.58. The predicted molar refractivity (Wildman–Crippen MR) is 121 cm³/mol. The van der Waals surface area contributed by atoms with E-state index in [1.807, 2.05) is 54.6 Å². The van der Waals surface area contributed by atoms with Crippen LogP contribution in [0.5, 0.6) is 5.75 Å². The maximum absolute atomic E-state index is 13.4. The second-order valence-electron chi connectivity index (χ2n) is 8.17. The Morgan fingerprint density at radius 2 is 1.78 bits per heavy atom. The van der Waals surface area contributed by atoms with Gasteiger partial charge in [-0.1, -0.05) is 30.3 Å². The molecule has 1 aliphatic heterocycles. The average molecular weight is 436 g/mol. The first-order valence-corrected chi connectivity index (χ1v) is 11.0. The highest BCUT2D eigenvalue weighted by atomic mass is 16.5. The maximum Gasteiger partial charge on any atom is 0.262 e. The van der Waals surface area contributed by atoms with E-state index < -0.39 is 0 Å². The van der Waals surface area contributed by atoms with Crippen molar-refractivity contribution in [3.8, 4) is 5.75 Å². The van der Waals surface area contributed by atoms with E-state index >= 15 is 0 Å². The Morgan fingerprint density at radius 1 is 1.06 bits per heavy atom. The number of benzene rings is 2. The Morgan fingerprint density at radius 3 is 2.41 bits per heavy atom. The molecule has 1 fully saturated rings.